The fraction of sp³-hybridized carbons (Fsp3) is 0.845. The van der Waals surface area contributed by atoms with E-state index in [0.29, 0.717) is 19.3 Å². The molecule has 0 aromatic rings. The molecule has 0 saturated heterocycles. The molecule has 0 N–H and O–H groups in total. The number of hydrogen-bond acceptors (Lipinski definition) is 6. The maximum atomic E-state index is 12.8. The predicted molar refractivity (Wildman–Crippen MR) is 275 cm³/mol. The van der Waals surface area contributed by atoms with Crippen LogP contribution in [-0.2, 0) is 28.6 Å². The highest BCUT2D eigenvalue weighted by atomic mass is 16.6. The highest BCUT2D eigenvalue weighted by Gasteiger charge is 2.19. The summed E-state index contributed by atoms with van der Waals surface area (Å²) in [5.41, 5.74) is 0. The fourth-order valence-corrected chi connectivity index (χ4v) is 8.16. The van der Waals surface area contributed by atoms with Crippen LogP contribution >= 0.6 is 0 Å². The van der Waals surface area contributed by atoms with E-state index in [4.69, 9.17) is 14.2 Å². The molecule has 0 radical (unpaired) electrons. The van der Waals surface area contributed by atoms with E-state index in [9.17, 15) is 14.4 Å². The predicted octanol–water partition coefficient (Wildman–Crippen LogP) is 18.5. The van der Waals surface area contributed by atoms with Crippen molar-refractivity contribution in [3.8, 4) is 0 Å². The van der Waals surface area contributed by atoms with Gasteiger partial charge in [-0.05, 0) is 57.8 Å². The number of unbranched alkanes of at least 4 members (excludes halogenated alkanes) is 34. The lowest BCUT2D eigenvalue weighted by Gasteiger charge is -2.18. The zero-order chi connectivity index (χ0) is 46.5. The number of rotatable bonds is 51. The molecule has 0 heterocycles. The molecule has 374 valence electrons. The third kappa shape index (κ3) is 50.6. The van der Waals surface area contributed by atoms with Crippen LogP contribution in [0.3, 0.4) is 0 Å². The molecule has 1 atom stereocenters. The van der Waals surface area contributed by atoms with Gasteiger partial charge in [-0.3, -0.25) is 14.4 Å². The number of carbonyl (C=O) groups is 3. The number of allylic oxidation sites excluding steroid dienone is 6. The van der Waals surface area contributed by atoms with Crippen LogP contribution in [0.4, 0.5) is 0 Å². The minimum atomic E-state index is -0.772. The molecular weight excluding hydrogens is 793 g/mol. The second kappa shape index (κ2) is 53.2. The minimum absolute atomic E-state index is 0.0719. The van der Waals surface area contributed by atoms with Gasteiger partial charge in [-0.1, -0.05) is 256 Å². The quantitative estimate of drug-likeness (QED) is 0.0262. The Hall–Kier alpha value is -2.37. The van der Waals surface area contributed by atoms with E-state index >= 15 is 0 Å². The molecule has 0 fully saturated rings. The summed E-state index contributed by atoms with van der Waals surface area (Å²) >= 11 is 0. The van der Waals surface area contributed by atoms with Crippen molar-refractivity contribution in [3.63, 3.8) is 0 Å². The van der Waals surface area contributed by atoms with E-state index in [2.05, 4.69) is 57.2 Å². The summed E-state index contributed by atoms with van der Waals surface area (Å²) in [5.74, 6) is -0.870. The van der Waals surface area contributed by atoms with Gasteiger partial charge in [-0.15, -0.1) is 0 Å². The fourth-order valence-electron chi connectivity index (χ4n) is 8.16. The van der Waals surface area contributed by atoms with Crippen LogP contribution in [0.5, 0.6) is 0 Å². The topological polar surface area (TPSA) is 78.9 Å². The first kappa shape index (κ1) is 61.6. The molecule has 0 aromatic heterocycles. The summed E-state index contributed by atoms with van der Waals surface area (Å²) in [6, 6.07) is 0. The maximum Gasteiger partial charge on any atom is 0.306 e. The van der Waals surface area contributed by atoms with Crippen molar-refractivity contribution in [3.05, 3.63) is 36.5 Å². The van der Waals surface area contributed by atoms with E-state index in [-0.39, 0.29) is 31.1 Å². The van der Waals surface area contributed by atoms with E-state index in [1.807, 2.05) is 0 Å². The molecule has 1 unspecified atom stereocenters. The lowest BCUT2D eigenvalue weighted by Crippen LogP contribution is -2.30. The van der Waals surface area contributed by atoms with Crippen LogP contribution in [0, 0.1) is 0 Å². The summed E-state index contributed by atoms with van der Waals surface area (Å²) in [6.45, 7) is 6.64. The van der Waals surface area contributed by atoms with Gasteiger partial charge in [-0.25, -0.2) is 0 Å². The minimum Gasteiger partial charge on any atom is -0.462 e. The maximum absolute atomic E-state index is 12.8. The monoisotopic (exact) mass is 899 g/mol. The number of carbonyl (C=O) groups excluding carboxylic acids is 3. The summed E-state index contributed by atoms with van der Waals surface area (Å²) < 4.78 is 16.8. The largest absolute Gasteiger partial charge is 0.462 e. The van der Waals surface area contributed by atoms with Crippen LogP contribution in [-0.4, -0.2) is 37.2 Å². The molecule has 0 amide bonds. The number of esters is 3. The third-order valence-electron chi connectivity index (χ3n) is 12.4. The highest BCUT2D eigenvalue weighted by molar-refractivity contribution is 5.71. The molecule has 0 aliphatic heterocycles. The van der Waals surface area contributed by atoms with Gasteiger partial charge in [0.2, 0.25) is 0 Å². The van der Waals surface area contributed by atoms with Gasteiger partial charge < -0.3 is 14.2 Å². The Labute approximate surface area is 397 Å². The van der Waals surface area contributed by atoms with Gasteiger partial charge in [0.25, 0.3) is 0 Å². The average Bonchev–Trinajstić information content (AvgIpc) is 3.29. The van der Waals surface area contributed by atoms with E-state index in [1.54, 1.807) is 0 Å². The number of ether oxygens (including phenoxy) is 3. The second-order valence-electron chi connectivity index (χ2n) is 18.9. The first-order valence-electron chi connectivity index (χ1n) is 28.0. The SMILES string of the molecule is CCCCCCC/C=C\C/C=C\C/C=C\CCCCCCCCC(=O)OCC(COC(=O)CCCCCCCCCCCCCC)OC(=O)CCCCCCCCCCCCCCC. The lowest BCUT2D eigenvalue weighted by molar-refractivity contribution is -0.167. The van der Waals surface area contributed by atoms with Crippen LogP contribution in [0.2, 0.25) is 0 Å². The van der Waals surface area contributed by atoms with Crippen LogP contribution in [0.15, 0.2) is 36.5 Å². The van der Waals surface area contributed by atoms with E-state index in [0.717, 1.165) is 77.0 Å². The van der Waals surface area contributed by atoms with Crippen LogP contribution in [0.25, 0.3) is 0 Å². The first-order chi connectivity index (χ1) is 31.5. The molecule has 0 aliphatic carbocycles. The molecule has 0 bridgehead atoms. The van der Waals surface area contributed by atoms with Gasteiger partial charge in [-0.2, -0.15) is 0 Å². The molecule has 0 spiro atoms. The van der Waals surface area contributed by atoms with Gasteiger partial charge in [0.05, 0.1) is 0 Å². The Bertz CT molecular complexity index is 1080. The Morgan fingerprint density at radius 3 is 0.875 bits per heavy atom. The molecule has 0 saturated carbocycles. The highest BCUT2D eigenvalue weighted by Crippen LogP contribution is 2.16. The Kier molecular flexibility index (Phi) is 51.3. The standard InChI is InChI=1S/C58H106O6/c1-4-7-10-13-16-19-22-25-26-27-28-29-30-31-32-34-36-39-42-45-48-51-57(60)63-54-55(53-62-56(59)50-47-44-41-38-35-24-21-18-15-12-9-6-3)64-58(61)52-49-46-43-40-37-33-23-20-17-14-11-8-5-2/h22,25,27-28,30-31,55H,4-21,23-24,26,29,32-54H2,1-3H3/b25-22-,28-27-,31-30-. The van der Waals surface area contributed by atoms with E-state index in [1.165, 1.54) is 180 Å². The second-order valence-corrected chi connectivity index (χ2v) is 18.9. The summed E-state index contributed by atoms with van der Waals surface area (Å²) in [5, 5.41) is 0. The van der Waals surface area contributed by atoms with Crippen molar-refractivity contribution in [2.24, 2.45) is 0 Å². The number of hydrogen-bond donors (Lipinski definition) is 0. The van der Waals surface area contributed by atoms with Gasteiger partial charge in [0, 0.05) is 19.3 Å². The molecule has 64 heavy (non-hydrogen) atoms. The van der Waals surface area contributed by atoms with Crippen molar-refractivity contribution >= 4 is 17.9 Å². The van der Waals surface area contributed by atoms with E-state index < -0.39 is 6.10 Å². The van der Waals surface area contributed by atoms with Crippen molar-refractivity contribution in [2.75, 3.05) is 13.2 Å². The van der Waals surface area contributed by atoms with Crippen molar-refractivity contribution in [2.45, 2.75) is 303 Å². The summed E-state index contributed by atoms with van der Waals surface area (Å²) in [4.78, 5) is 38.0. The van der Waals surface area contributed by atoms with Gasteiger partial charge >= 0.3 is 17.9 Å². The zero-order valence-corrected chi connectivity index (χ0v) is 42.8. The average molecular weight is 899 g/mol. The van der Waals surface area contributed by atoms with Crippen LogP contribution < -0.4 is 0 Å². The molecule has 0 aromatic carbocycles. The Morgan fingerprint density at radius 1 is 0.312 bits per heavy atom. The molecule has 0 aliphatic rings. The third-order valence-corrected chi connectivity index (χ3v) is 12.4. The van der Waals surface area contributed by atoms with Gasteiger partial charge in [0.1, 0.15) is 13.2 Å². The smallest absolute Gasteiger partial charge is 0.306 e. The van der Waals surface area contributed by atoms with Crippen molar-refractivity contribution in [1.82, 2.24) is 0 Å². The van der Waals surface area contributed by atoms with Gasteiger partial charge in [0.15, 0.2) is 6.10 Å². The van der Waals surface area contributed by atoms with Crippen LogP contribution in [0.1, 0.15) is 297 Å². The first-order valence-corrected chi connectivity index (χ1v) is 28.0. The normalized spacial score (nSPS) is 12.2. The van der Waals surface area contributed by atoms with Crippen molar-refractivity contribution < 1.29 is 28.6 Å². The Balaban J connectivity index is 4.31. The zero-order valence-electron chi connectivity index (χ0n) is 42.8. The summed E-state index contributed by atoms with van der Waals surface area (Å²) in [6.07, 6.45) is 62.7. The molecule has 6 heteroatoms. The summed E-state index contributed by atoms with van der Waals surface area (Å²) in [7, 11) is 0. The molecular formula is C58H106O6. The molecule has 0 rings (SSSR count). The molecule has 6 nitrogen and oxygen atoms in total. The Morgan fingerprint density at radius 2 is 0.562 bits per heavy atom. The van der Waals surface area contributed by atoms with Crippen molar-refractivity contribution in [1.29, 1.82) is 0 Å². The lowest BCUT2D eigenvalue weighted by atomic mass is 10.0.